The fourth-order valence-electron chi connectivity index (χ4n) is 3.68. The summed E-state index contributed by atoms with van der Waals surface area (Å²) in [4.78, 5) is 4.81. The van der Waals surface area contributed by atoms with Gasteiger partial charge in [-0.15, -0.1) is 0 Å². The molecule has 1 aliphatic heterocycles. The van der Waals surface area contributed by atoms with Crippen molar-refractivity contribution < 1.29 is 9.47 Å². The van der Waals surface area contributed by atoms with E-state index >= 15 is 0 Å². The average Bonchev–Trinajstić information content (AvgIpc) is 2.97. The van der Waals surface area contributed by atoms with Crippen molar-refractivity contribution in [1.82, 2.24) is 9.38 Å². The van der Waals surface area contributed by atoms with Crippen LogP contribution in [0.1, 0.15) is 41.1 Å². The number of nitrogens with one attached hydrogen (secondary N) is 1. The minimum Gasteiger partial charge on any atom is -0.382 e. The molecule has 0 radical (unpaired) electrons. The van der Waals surface area contributed by atoms with E-state index in [0.717, 1.165) is 23.4 Å². The lowest BCUT2D eigenvalue weighted by Gasteiger charge is -2.33. The van der Waals surface area contributed by atoms with Crippen LogP contribution in [0.5, 0.6) is 0 Å². The summed E-state index contributed by atoms with van der Waals surface area (Å²) in [5.74, 6) is 0. The molecule has 1 aromatic carbocycles. The average molecular weight is 351 g/mol. The van der Waals surface area contributed by atoms with Gasteiger partial charge in [0.15, 0.2) is 5.65 Å². The molecule has 2 unspecified atom stereocenters. The fraction of sp³-hybridized carbons (Fsp3) is 0.381. The highest BCUT2D eigenvalue weighted by Gasteiger charge is 2.30. The minimum atomic E-state index is 0.0221. The quantitative estimate of drug-likeness (QED) is 0.700. The second-order valence-electron chi connectivity index (χ2n) is 6.82. The molecule has 0 saturated carbocycles. The van der Waals surface area contributed by atoms with Gasteiger partial charge in [-0.05, 0) is 25.5 Å². The monoisotopic (exact) mass is 351 g/mol. The Morgan fingerprint density at radius 3 is 2.73 bits per heavy atom. The van der Waals surface area contributed by atoms with E-state index in [1.807, 2.05) is 6.07 Å². The van der Waals surface area contributed by atoms with Crippen molar-refractivity contribution in [3.8, 4) is 0 Å². The van der Waals surface area contributed by atoms with Crippen LogP contribution in [0.2, 0.25) is 0 Å². The summed E-state index contributed by atoms with van der Waals surface area (Å²) in [6, 6.07) is 12.9. The number of aromatic nitrogens is 2. The van der Waals surface area contributed by atoms with Crippen molar-refractivity contribution in [3.05, 3.63) is 65.1 Å². The molecule has 3 heterocycles. The molecular formula is C21H25N3O2. The zero-order chi connectivity index (χ0) is 18.1. The van der Waals surface area contributed by atoms with Crippen LogP contribution >= 0.6 is 0 Å². The number of nitrogens with zero attached hydrogens (tertiary/aromatic N) is 2. The molecule has 0 bridgehead atoms. The minimum absolute atomic E-state index is 0.0221. The van der Waals surface area contributed by atoms with E-state index in [-0.39, 0.29) is 12.1 Å². The van der Waals surface area contributed by atoms with Crippen LogP contribution in [-0.2, 0) is 9.47 Å². The molecule has 5 nitrogen and oxygen atoms in total. The molecule has 136 valence electrons. The zero-order valence-electron chi connectivity index (χ0n) is 15.5. The molecule has 0 aliphatic carbocycles. The van der Waals surface area contributed by atoms with Gasteiger partial charge in [-0.2, -0.15) is 0 Å². The summed E-state index contributed by atoms with van der Waals surface area (Å²) in [5, 5.41) is 3.72. The molecule has 3 aromatic rings. The molecule has 4 rings (SSSR count). The third-order valence-electron chi connectivity index (χ3n) is 5.23. The van der Waals surface area contributed by atoms with Crippen molar-refractivity contribution in [2.24, 2.45) is 0 Å². The number of rotatable bonds is 5. The van der Waals surface area contributed by atoms with E-state index < -0.39 is 0 Å². The Morgan fingerprint density at radius 2 is 1.96 bits per heavy atom. The Kier molecular flexibility index (Phi) is 4.66. The third kappa shape index (κ3) is 2.97. The van der Waals surface area contributed by atoms with Gasteiger partial charge in [0.2, 0.25) is 0 Å². The zero-order valence-corrected chi connectivity index (χ0v) is 15.5. The molecule has 1 N–H and O–H groups in total. The van der Waals surface area contributed by atoms with Gasteiger partial charge in [0.1, 0.15) is 0 Å². The Morgan fingerprint density at radius 1 is 1.15 bits per heavy atom. The first kappa shape index (κ1) is 17.1. The summed E-state index contributed by atoms with van der Waals surface area (Å²) in [6.45, 7) is 5.34. The molecule has 26 heavy (non-hydrogen) atoms. The molecule has 2 atom stereocenters. The molecule has 2 aromatic heterocycles. The van der Waals surface area contributed by atoms with Gasteiger partial charge in [-0.1, -0.05) is 30.3 Å². The summed E-state index contributed by atoms with van der Waals surface area (Å²) in [7, 11) is 1.70. The van der Waals surface area contributed by atoms with E-state index in [1.165, 1.54) is 16.8 Å². The number of fused-ring (bicyclic) bond motifs is 3. The summed E-state index contributed by atoms with van der Waals surface area (Å²) < 4.78 is 13.5. The van der Waals surface area contributed by atoms with Crippen molar-refractivity contribution >= 4 is 11.3 Å². The van der Waals surface area contributed by atoms with Gasteiger partial charge in [-0.3, -0.25) is 0 Å². The lowest BCUT2D eigenvalue weighted by molar-refractivity contribution is 0.00796. The van der Waals surface area contributed by atoms with E-state index in [1.54, 1.807) is 7.11 Å². The number of aryl methyl sites for hydroxylation is 2. The highest BCUT2D eigenvalue weighted by Crippen LogP contribution is 2.42. The molecule has 0 amide bonds. The normalized spacial score (nSPS) is 19.3. The molecule has 0 spiro atoms. The summed E-state index contributed by atoms with van der Waals surface area (Å²) in [6.07, 6.45) is 3.00. The Bertz CT molecular complexity index is 905. The number of imidazole rings is 1. The van der Waals surface area contributed by atoms with Crippen molar-refractivity contribution in [2.45, 2.75) is 32.4 Å². The second kappa shape index (κ2) is 7.09. The SMILES string of the molecule is COCCOC1CC(c2ccccc2)Nc2c1ccn1c(C)c(C)nc21. The largest absolute Gasteiger partial charge is 0.382 e. The number of pyridine rings is 1. The van der Waals surface area contributed by atoms with Gasteiger partial charge in [0.25, 0.3) is 0 Å². The Hall–Kier alpha value is -2.37. The second-order valence-corrected chi connectivity index (χ2v) is 6.82. The molecule has 0 fully saturated rings. The van der Waals surface area contributed by atoms with Gasteiger partial charge in [-0.25, -0.2) is 4.98 Å². The Balaban J connectivity index is 1.77. The van der Waals surface area contributed by atoms with Gasteiger partial charge < -0.3 is 19.2 Å². The maximum absolute atomic E-state index is 6.19. The van der Waals surface area contributed by atoms with E-state index in [2.05, 4.69) is 60.1 Å². The lowest BCUT2D eigenvalue weighted by atomic mass is 9.91. The highest BCUT2D eigenvalue weighted by atomic mass is 16.5. The molecule has 5 heteroatoms. The summed E-state index contributed by atoms with van der Waals surface area (Å²) >= 11 is 0. The van der Waals surface area contributed by atoms with Crippen LogP contribution in [-0.4, -0.2) is 29.7 Å². The lowest BCUT2D eigenvalue weighted by Crippen LogP contribution is -2.24. The number of hydrogen-bond acceptors (Lipinski definition) is 4. The number of ether oxygens (including phenoxy) is 2. The van der Waals surface area contributed by atoms with Crippen LogP contribution in [0.4, 0.5) is 5.69 Å². The third-order valence-corrected chi connectivity index (χ3v) is 5.23. The van der Waals surface area contributed by atoms with Gasteiger partial charge in [0.05, 0.1) is 36.7 Å². The van der Waals surface area contributed by atoms with Crippen LogP contribution in [0.3, 0.4) is 0 Å². The van der Waals surface area contributed by atoms with Crippen LogP contribution in [0.15, 0.2) is 42.6 Å². The smallest absolute Gasteiger partial charge is 0.161 e. The van der Waals surface area contributed by atoms with E-state index in [9.17, 15) is 0 Å². The number of anilines is 1. The molecule has 0 saturated heterocycles. The van der Waals surface area contributed by atoms with Gasteiger partial charge in [0, 0.05) is 31.0 Å². The maximum atomic E-state index is 6.19. The van der Waals surface area contributed by atoms with Crippen LogP contribution < -0.4 is 5.32 Å². The maximum Gasteiger partial charge on any atom is 0.161 e. The Labute approximate surface area is 154 Å². The van der Waals surface area contributed by atoms with Gasteiger partial charge >= 0.3 is 0 Å². The summed E-state index contributed by atoms with van der Waals surface area (Å²) in [5.41, 5.74) is 6.71. The van der Waals surface area contributed by atoms with Crippen molar-refractivity contribution in [3.63, 3.8) is 0 Å². The van der Waals surface area contributed by atoms with Crippen molar-refractivity contribution in [2.75, 3.05) is 25.6 Å². The fourth-order valence-corrected chi connectivity index (χ4v) is 3.68. The van der Waals surface area contributed by atoms with Crippen LogP contribution in [0.25, 0.3) is 5.65 Å². The van der Waals surface area contributed by atoms with Crippen LogP contribution in [0, 0.1) is 13.8 Å². The topological polar surface area (TPSA) is 47.8 Å². The predicted octanol–water partition coefficient (Wildman–Crippen LogP) is 4.21. The first-order valence-electron chi connectivity index (χ1n) is 9.09. The molecule has 1 aliphatic rings. The first-order valence-corrected chi connectivity index (χ1v) is 9.09. The predicted molar refractivity (Wildman–Crippen MR) is 103 cm³/mol. The van der Waals surface area contributed by atoms with E-state index in [4.69, 9.17) is 14.5 Å². The number of benzene rings is 1. The number of methoxy groups -OCH3 is 1. The van der Waals surface area contributed by atoms with E-state index in [0.29, 0.717) is 13.2 Å². The first-order chi connectivity index (χ1) is 12.7. The van der Waals surface area contributed by atoms with Crippen molar-refractivity contribution in [1.29, 1.82) is 0 Å². The number of hydrogen-bond donors (Lipinski definition) is 1. The highest BCUT2D eigenvalue weighted by molar-refractivity contribution is 5.75. The molecular weight excluding hydrogens is 326 g/mol. The standard InChI is InChI=1S/C21H25N3O2/c1-14-15(2)24-10-9-17-19(26-12-11-25-3)13-18(16-7-5-4-6-8-16)23-20(17)21(24)22-14/h4-10,18-19,23H,11-13H2,1-3H3.